The Morgan fingerprint density at radius 2 is 1.85 bits per heavy atom. The Bertz CT molecular complexity index is 520. The van der Waals surface area contributed by atoms with Crippen molar-refractivity contribution in [3.63, 3.8) is 0 Å². The van der Waals surface area contributed by atoms with Gasteiger partial charge < -0.3 is 4.74 Å². The van der Waals surface area contributed by atoms with Gasteiger partial charge in [0, 0.05) is 5.92 Å². The third kappa shape index (κ3) is 3.30. The molecule has 108 valence electrons. The molecular weight excluding hydrogens is 258 g/mol. The van der Waals surface area contributed by atoms with Gasteiger partial charge in [0.05, 0.1) is 12.7 Å². The van der Waals surface area contributed by atoms with E-state index in [-0.39, 0.29) is 11.3 Å². The topological polar surface area (TPSA) is 9.23 Å². The molecule has 0 bridgehead atoms. The second kappa shape index (κ2) is 6.74. The molecule has 0 radical (unpaired) electrons. The van der Waals surface area contributed by atoms with E-state index in [2.05, 4.69) is 18.8 Å². The van der Waals surface area contributed by atoms with E-state index in [9.17, 15) is 8.78 Å². The lowest BCUT2D eigenvalue weighted by Crippen LogP contribution is -2.12. The fourth-order valence-corrected chi connectivity index (χ4v) is 2.68. The van der Waals surface area contributed by atoms with Gasteiger partial charge in [0.25, 0.3) is 0 Å². The summed E-state index contributed by atoms with van der Waals surface area (Å²) in [5, 5.41) is 0. The van der Waals surface area contributed by atoms with Gasteiger partial charge in [-0.05, 0) is 43.7 Å². The van der Waals surface area contributed by atoms with E-state index in [1.165, 1.54) is 38.5 Å². The van der Waals surface area contributed by atoms with E-state index in [0.717, 1.165) is 18.8 Å². The SMILES string of the molecule is CC[C@H]1CC[C@H](C#Cc2ccc(OC)c(F)c2F)CC1. The predicted octanol–water partition coefficient (Wildman–Crippen LogP) is 4.54. The summed E-state index contributed by atoms with van der Waals surface area (Å²) in [6.45, 7) is 2.21. The van der Waals surface area contributed by atoms with Gasteiger partial charge in [-0.15, -0.1) is 0 Å². The van der Waals surface area contributed by atoms with E-state index in [0.29, 0.717) is 5.92 Å². The average Bonchev–Trinajstić information content (AvgIpc) is 2.49. The first-order chi connectivity index (χ1) is 9.65. The molecule has 0 heterocycles. The molecule has 2 rings (SSSR count). The van der Waals surface area contributed by atoms with Gasteiger partial charge >= 0.3 is 0 Å². The molecule has 1 aliphatic rings. The molecule has 0 saturated heterocycles. The average molecular weight is 278 g/mol. The zero-order chi connectivity index (χ0) is 14.5. The van der Waals surface area contributed by atoms with Crippen LogP contribution in [0.5, 0.6) is 5.75 Å². The van der Waals surface area contributed by atoms with Crippen molar-refractivity contribution in [1.82, 2.24) is 0 Å². The highest BCUT2D eigenvalue weighted by molar-refractivity contribution is 5.41. The van der Waals surface area contributed by atoms with Crippen LogP contribution in [0, 0.1) is 35.3 Å². The van der Waals surface area contributed by atoms with Gasteiger partial charge in [0.2, 0.25) is 5.82 Å². The third-order valence-corrected chi connectivity index (χ3v) is 4.10. The Hall–Kier alpha value is -1.56. The summed E-state index contributed by atoms with van der Waals surface area (Å²) in [6, 6.07) is 2.89. The lowest BCUT2D eigenvalue weighted by atomic mass is 9.81. The first kappa shape index (κ1) is 14.8. The maximum atomic E-state index is 13.8. The van der Waals surface area contributed by atoms with Crippen LogP contribution in [-0.2, 0) is 0 Å². The highest BCUT2D eigenvalue weighted by atomic mass is 19.2. The Kier molecular flexibility index (Phi) is 5.00. The smallest absolute Gasteiger partial charge is 0.201 e. The lowest BCUT2D eigenvalue weighted by molar-refractivity contribution is 0.309. The zero-order valence-corrected chi connectivity index (χ0v) is 12.0. The number of ether oxygens (including phenoxy) is 1. The van der Waals surface area contributed by atoms with Gasteiger partial charge in [-0.2, -0.15) is 4.39 Å². The summed E-state index contributed by atoms with van der Waals surface area (Å²) < 4.78 is 32.1. The van der Waals surface area contributed by atoms with Crippen LogP contribution in [0.2, 0.25) is 0 Å². The molecule has 0 aromatic heterocycles. The van der Waals surface area contributed by atoms with E-state index >= 15 is 0 Å². The van der Waals surface area contributed by atoms with Crippen molar-refractivity contribution in [1.29, 1.82) is 0 Å². The Labute approximate surface area is 119 Å². The number of halogens is 2. The van der Waals surface area contributed by atoms with Gasteiger partial charge in [0.1, 0.15) is 0 Å². The molecule has 3 heteroatoms. The molecular formula is C17H20F2O. The minimum Gasteiger partial charge on any atom is -0.494 e. The van der Waals surface area contributed by atoms with Crippen molar-refractivity contribution in [2.45, 2.75) is 39.0 Å². The normalized spacial score (nSPS) is 22.0. The second-order valence-electron chi connectivity index (χ2n) is 5.34. The molecule has 0 amide bonds. The number of methoxy groups -OCH3 is 1. The van der Waals surface area contributed by atoms with Crippen molar-refractivity contribution in [2.24, 2.45) is 11.8 Å². The molecule has 1 fully saturated rings. The first-order valence-corrected chi connectivity index (χ1v) is 7.19. The summed E-state index contributed by atoms with van der Waals surface area (Å²) in [5.74, 6) is 5.03. The molecule has 0 atom stereocenters. The highest BCUT2D eigenvalue weighted by Crippen LogP contribution is 2.30. The number of hydrogen-bond acceptors (Lipinski definition) is 1. The molecule has 1 aliphatic carbocycles. The molecule has 1 saturated carbocycles. The van der Waals surface area contributed by atoms with Crippen molar-refractivity contribution in [3.05, 3.63) is 29.3 Å². The van der Waals surface area contributed by atoms with Crippen LogP contribution in [0.25, 0.3) is 0 Å². The third-order valence-electron chi connectivity index (χ3n) is 4.10. The molecule has 1 aromatic carbocycles. The summed E-state index contributed by atoms with van der Waals surface area (Å²) in [6.07, 6.45) is 5.72. The molecule has 0 spiro atoms. The van der Waals surface area contributed by atoms with Gasteiger partial charge in [-0.25, -0.2) is 4.39 Å². The Balaban J connectivity index is 2.08. The van der Waals surface area contributed by atoms with Crippen LogP contribution in [-0.4, -0.2) is 7.11 Å². The van der Waals surface area contributed by atoms with Crippen LogP contribution in [0.1, 0.15) is 44.6 Å². The van der Waals surface area contributed by atoms with Gasteiger partial charge in [-0.1, -0.05) is 25.2 Å². The van der Waals surface area contributed by atoms with Gasteiger partial charge in [-0.3, -0.25) is 0 Å². The fourth-order valence-electron chi connectivity index (χ4n) is 2.68. The van der Waals surface area contributed by atoms with Crippen molar-refractivity contribution in [3.8, 4) is 17.6 Å². The summed E-state index contributed by atoms with van der Waals surface area (Å²) >= 11 is 0. The second-order valence-corrected chi connectivity index (χ2v) is 5.34. The van der Waals surface area contributed by atoms with E-state index < -0.39 is 11.6 Å². The molecule has 0 unspecified atom stereocenters. The predicted molar refractivity (Wildman–Crippen MR) is 75.5 cm³/mol. The van der Waals surface area contributed by atoms with E-state index in [1.54, 1.807) is 0 Å². The molecule has 20 heavy (non-hydrogen) atoms. The van der Waals surface area contributed by atoms with E-state index in [4.69, 9.17) is 4.74 Å². The fraction of sp³-hybridized carbons (Fsp3) is 0.529. The zero-order valence-electron chi connectivity index (χ0n) is 12.0. The number of rotatable bonds is 2. The largest absolute Gasteiger partial charge is 0.494 e. The molecule has 1 nitrogen and oxygen atoms in total. The quantitative estimate of drug-likeness (QED) is 0.722. The Morgan fingerprint density at radius 1 is 1.15 bits per heavy atom. The van der Waals surface area contributed by atoms with Crippen LogP contribution in [0.3, 0.4) is 0 Å². The van der Waals surface area contributed by atoms with Crippen molar-refractivity contribution in [2.75, 3.05) is 7.11 Å². The summed E-state index contributed by atoms with van der Waals surface area (Å²) in [7, 11) is 1.31. The molecule has 1 aromatic rings. The highest BCUT2D eigenvalue weighted by Gasteiger charge is 2.18. The maximum Gasteiger partial charge on any atom is 0.201 e. The summed E-state index contributed by atoms with van der Waals surface area (Å²) in [5.41, 5.74) is 0.112. The Morgan fingerprint density at radius 3 is 2.45 bits per heavy atom. The maximum absolute atomic E-state index is 13.8. The summed E-state index contributed by atoms with van der Waals surface area (Å²) in [4.78, 5) is 0. The van der Waals surface area contributed by atoms with Crippen LogP contribution in [0.15, 0.2) is 12.1 Å². The number of hydrogen-bond donors (Lipinski definition) is 0. The molecule has 0 N–H and O–H groups in total. The monoisotopic (exact) mass is 278 g/mol. The number of benzene rings is 1. The van der Waals surface area contributed by atoms with Crippen LogP contribution >= 0.6 is 0 Å². The van der Waals surface area contributed by atoms with Gasteiger partial charge in [0.15, 0.2) is 11.6 Å². The van der Waals surface area contributed by atoms with E-state index in [1.807, 2.05) is 0 Å². The standard InChI is InChI=1S/C17H20F2O/c1-3-12-4-6-13(7-5-12)8-9-14-10-11-15(20-2)17(19)16(14)18/h10-13H,3-7H2,1-2H3/t12-,13-. The minimum atomic E-state index is -0.964. The van der Waals surface area contributed by atoms with Crippen molar-refractivity contribution < 1.29 is 13.5 Å². The first-order valence-electron chi connectivity index (χ1n) is 7.19. The lowest BCUT2D eigenvalue weighted by Gasteiger charge is -2.24. The van der Waals surface area contributed by atoms with Crippen molar-refractivity contribution >= 4 is 0 Å². The van der Waals surface area contributed by atoms with Crippen LogP contribution in [0.4, 0.5) is 8.78 Å². The van der Waals surface area contributed by atoms with Crippen LogP contribution < -0.4 is 4.74 Å². The molecule has 0 aliphatic heterocycles. The minimum absolute atomic E-state index is 0.0866.